The number of amides is 2. The maximum atomic E-state index is 11.6. The van der Waals surface area contributed by atoms with E-state index in [1.807, 2.05) is 19.9 Å². The first kappa shape index (κ1) is 13.5. The predicted molar refractivity (Wildman–Crippen MR) is 65.9 cm³/mol. The summed E-state index contributed by atoms with van der Waals surface area (Å²) in [6, 6.07) is 1.30. The topological polar surface area (TPSA) is 79.2 Å². The maximum Gasteiger partial charge on any atom is 0.320 e. The van der Waals surface area contributed by atoms with Gasteiger partial charge in [0.15, 0.2) is 0 Å². The number of carbonyl (C=O) groups excluding carboxylic acids is 1. The van der Waals surface area contributed by atoms with E-state index in [0.717, 1.165) is 12.1 Å². The lowest BCUT2D eigenvalue weighted by Crippen LogP contribution is -2.40. The maximum absolute atomic E-state index is 11.6. The Morgan fingerprint density at radius 2 is 2.29 bits per heavy atom. The normalized spacial score (nSPS) is 12.2. The van der Waals surface area contributed by atoms with Crippen molar-refractivity contribution in [1.82, 2.24) is 15.1 Å². The summed E-state index contributed by atoms with van der Waals surface area (Å²) in [5.41, 5.74) is 0.928. The zero-order valence-corrected chi connectivity index (χ0v) is 10.5. The molecule has 1 aromatic rings. The zero-order chi connectivity index (χ0) is 12.8. The van der Waals surface area contributed by atoms with Crippen molar-refractivity contribution in [2.24, 2.45) is 7.05 Å². The smallest absolute Gasteiger partial charge is 0.320 e. The van der Waals surface area contributed by atoms with Gasteiger partial charge in [0.2, 0.25) is 0 Å². The van der Waals surface area contributed by atoms with Crippen molar-refractivity contribution >= 4 is 11.8 Å². The van der Waals surface area contributed by atoms with Crippen LogP contribution in [0.25, 0.3) is 0 Å². The number of urea groups is 1. The quantitative estimate of drug-likeness (QED) is 0.714. The Bertz CT molecular complexity index is 372. The average Bonchev–Trinajstić information content (AvgIpc) is 2.67. The first-order valence-electron chi connectivity index (χ1n) is 5.82. The number of nitrogens with zero attached hydrogens (tertiary/aromatic N) is 2. The van der Waals surface area contributed by atoms with E-state index in [9.17, 15) is 4.79 Å². The number of hydrogen-bond donors (Lipinski definition) is 3. The lowest BCUT2D eigenvalue weighted by Gasteiger charge is -2.14. The summed E-state index contributed by atoms with van der Waals surface area (Å²) in [6.07, 6.45) is 1.51. The lowest BCUT2D eigenvalue weighted by molar-refractivity contribution is 0.222. The highest BCUT2D eigenvalue weighted by Gasteiger charge is 2.11. The second-order valence-electron chi connectivity index (χ2n) is 3.88. The molecular weight excluding hydrogens is 220 g/mol. The Kier molecular flexibility index (Phi) is 4.96. The Labute approximate surface area is 101 Å². The van der Waals surface area contributed by atoms with Gasteiger partial charge in [-0.1, -0.05) is 13.8 Å². The Morgan fingerprint density at radius 3 is 2.76 bits per heavy atom. The van der Waals surface area contributed by atoms with Crippen molar-refractivity contribution < 1.29 is 9.90 Å². The summed E-state index contributed by atoms with van der Waals surface area (Å²) in [6.45, 7) is 3.85. The van der Waals surface area contributed by atoms with E-state index < -0.39 is 0 Å². The van der Waals surface area contributed by atoms with Crippen LogP contribution in [-0.2, 0) is 13.5 Å². The second kappa shape index (κ2) is 6.24. The van der Waals surface area contributed by atoms with Crippen LogP contribution >= 0.6 is 0 Å². The van der Waals surface area contributed by atoms with Gasteiger partial charge in [-0.15, -0.1) is 0 Å². The van der Waals surface area contributed by atoms with Gasteiger partial charge in [0, 0.05) is 13.1 Å². The van der Waals surface area contributed by atoms with Gasteiger partial charge in [0.05, 0.1) is 18.3 Å². The molecule has 0 aliphatic heterocycles. The van der Waals surface area contributed by atoms with E-state index in [2.05, 4.69) is 15.7 Å². The first-order chi connectivity index (χ1) is 8.10. The summed E-state index contributed by atoms with van der Waals surface area (Å²) >= 11 is 0. The monoisotopic (exact) mass is 240 g/mol. The number of aryl methyl sites for hydroxylation is 2. The van der Waals surface area contributed by atoms with E-state index >= 15 is 0 Å². The predicted octanol–water partition coefficient (Wildman–Crippen LogP) is 0.875. The van der Waals surface area contributed by atoms with Gasteiger partial charge in [-0.3, -0.25) is 10.00 Å². The molecule has 6 nitrogen and oxygen atoms in total. The number of nitrogens with one attached hydrogen (secondary N) is 2. The molecule has 0 aromatic carbocycles. The summed E-state index contributed by atoms with van der Waals surface area (Å²) < 4.78 is 1.62. The summed E-state index contributed by atoms with van der Waals surface area (Å²) in [4.78, 5) is 11.6. The lowest BCUT2D eigenvalue weighted by atomic mass is 10.2. The van der Waals surface area contributed by atoms with Crippen LogP contribution in [-0.4, -0.2) is 33.6 Å². The largest absolute Gasteiger partial charge is 0.394 e. The zero-order valence-electron chi connectivity index (χ0n) is 10.5. The minimum absolute atomic E-state index is 0.0600. The van der Waals surface area contributed by atoms with Crippen LogP contribution in [0, 0.1) is 0 Å². The Morgan fingerprint density at radius 1 is 1.59 bits per heavy atom. The highest BCUT2D eigenvalue weighted by molar-refractivity contribution is 5.88. The molecule has 0 saturated carbocycles. The SMILES string of the molecule is CCc1cc(NC(=O)NC(CC)CO)n(C)n1. The molecule has 2 amide bonds. The third-order valence-corrected chi connectivity index (χ3v) is 2.58. The van der Waals surface area contributed by atoms with Gasteiger partial charge in [0.1, 0.15) is 5.82 Å². The van der Waals surface area contributed by atoms with E-state index in [0.29, 0.717) is 12.2 Å². The molecule has 3 N–H and O–H groups in total. The Balaban J connectivity index is 2.58. The molecule has 1 atom stereocenters. The standard InChI is InChI=1S/C11H20N4O2/c1-4-8-6-10(15(3)14-8)13-11(17)12-9(5-2)7-16/h6,9,16H,4-5,7H2,1-3H3,(H2,12,13,17). The van der Waals surface area contributed by atoms with Gasteiger partial charge >= 0.3 is 6.03 Å². The van der Waals surface area contributed by atoms with Crippen LogP contribution in [0.5, 0.6) is 0 Å². The second-order valence-corrected chi connectivity index (χ2v) is 3.88. The molecule has 0 fully saturated rings. The number of carbonyl (C=O) groups is 1. The van der Waals surface area contributed by atoms with Crippen LogP contribution in [0.2, 0.25) is 0 Å². The van der Waals surface area contributed by atoms with E-state index in [4.69, 9.17) is 5.11 Å². The molecule has 17 heavy (non-hydrogen) atoms. The van der Waals surface area contributed by atoms with Crippen molar-refractivity contribution in [2.75, 3.05) is 11.9 Å². The molecule has 0 bridgehead atoms. The highest BCUT2D eigenvalue weighted by Crippen LogP contribution is 2.09. The number of aliphatic hydroxyl groups is 1. The van der Waals surface area contributed by atoms with Crippen LogP contribution in [0.15, 0.2) is 6.07 Å². The van der Waals surface area contributed by atoms with Crippen molar-refractivity contribution in [3.05, 3.63) is 11.8 Å². The molecule has 0 radical (unpaired) electrons. The van der Waals surface area contributed by atoms with Crippen LogP contribution in [0.3, 0.4) is 0 Å². The average molecular weight is 240 g/mol. The van der Waals surface area contributed by atoms with Gasteiger partial charge in [-0.05, 0) is 12.8 Å². The summed E-state index contributed by atoms with van der Waals surface area (Å²) in [5, 5.41) is 18.6. The third kappa shape index (κ3) is 3.74. The molecule has 96 valence electrons. The van der Waals surface area contributed by atoms with Gasteiger partial charge < -0.3 is 10.4 Å². The molecule has 0 aliphatic rings. The minimum Gasteiger partial charge on any atom is -0.394 e. The highest BCUT2D eigenvalue weighted by atomic mass is 16.3. The molecule has 1 unspecified atom stereocenters. The van der Waals surface area contributed by atoms with Crippen molar-refractivity contribution in [1.29, 1.82) is 0 Å². The summed E-state index contributed by atoms with van der Waals surface area (Å²) in [5.74, 6) is 0.646. The Hall–Kier alpha value is -1.56. The molecule has 1 rings (SSSR count). The fourth-order valence-corrected chi connectivity index (χ4v) is 1.43. The molecule has 1 heterocycles. The fourth-order valence-electron chi connectivity index (χ4n) is 1.43. The minimum atomic E-state index is -0.323. The molecule has 0 saturated heterocycles. The molecule has 0 spiro atoms. The van der Waals surface area contributed by atoms with E-state index in [1.54, 1.807) is 11.7 Å². The molecule has 1 aromatic heterocycles. The number of anilines is 1. The number of rotatable bonds is 5. The summed E-state index contributed by atoms with van der Waals surface area (Å²) in [7, 11) is 1.78. The van der Waals surface area contributed by atoms with Crippen molar-refractivity contribution in [3.63, 3.8) is 0 Å². The number of aromatic nitrogens is 2. The van der Waals surface area contributed by atoms with Crippen LogP contribution in [0.4, 0.5) is 10.6 Å². The molecule has 6 heteroatoms. The van der Waals surface area contributed by atoms with Crippen LogP contribution < -0.4 is 10.6 Å². The fraction of sp³-hybridized carbons (Fsp3) is 0.636. The van der Waals surface area contributed by atoms with Gasteiger partial charge in [-0.25, -0.2) is 4.79 Å². The van der Waals surface area contributed by atoms with Gasteiger partial charge in [-0.2, -0.15) is 5.10 Å². The van der Waals surface area contributed by atoms with E-state index in [-0.39, 0.29) is 18.7 Å². The molecular formula is C11H20N4O2. The first-order valence-corrected chi connectivity index (χ1v) is 5.82. The van der Waals surface area contributed by atoms with Crippen molar-refractivity contribution in [3.8, 4) is 0 Å². The van der Waals surface area contributed by atoms with E-state index in [1.165, 1.54) is 0 Å². The number of hydrogen-bond acceptors (Lipinski definition) is 3. The number of aliphatic hydroxyl groups excluding tert-OH is 1. The van der Waals surface area contributed by atoms with Crippen molar-refractivity contribution in [2.45, 2.75) is 32.7 Å². The third-order valence-electron chi connectivity index (χ3n) is 2.58. The molecule has 0 aliphatic carbocycles. The van der Waals surface area contributed by atoms with Crippen LogP contribution in [0.1, 0.15) is 26.0 Å². The van der Waals surface area contributed by atoms with Gasteiger partial charge in [0.25, 0.3) is 0 Å².